The number of pyridine rings is 1. The van der Waals surface area contributed by atoms with Gasteiger partial charge in [0.05, 0.1) is 12.1 Å². The minimum atomic E-state index is -0.666. The van der Waals surface area contributed by atoms with Crippen LogP contribution < -0.4 is 4.90 Å². The molecule has 0 unspecified atom stereocenters. The summed E-state index contributed by atoms with van der Waals surface area (Å²) in [6.45, 7) is 7.84. The topological polar surface area (TPSA) is 86.2 Å². The second-order valence-corrected chi connectivity index (χ2v) is 8.90. The van der Waals surface area contributed by atoms with Gasteiger partial charge in [-0.15, -0.1) is 0 Å². The number of fused-ring (bicyclic) bond motifs is 2. The van der Waals surface area contributed by atoms with Crippen LogP contribution in [-0.4, -0.2) is 63.8 Å². The van der Waals surface area contributed by atoms with Crippen LogP contribution in [0.4, 0.5) is 5.69 Å². The second-order valence-electron chi connectivity index (χ2n) is 8.90. The molecule has 1 aromatic heterocycles. The Morgan fingerprint density at radius 3 is 2.38 bits per heavy atom. The normalized spacial score (nSPS) is 17.4. The van der Waals surface area contributed by atoms with Gasteiger partial charge in [0, 0.05) is 55.4 Å². The van der Waals surface area contributed by atoms with E-state index in [-0.39, 0.29) is 23.8 Å². The largest absolute Gasteiger partial charge is 0.505 e. The van der Waals surface area contributed by atoms with E-state index in [1.165, 1.54) is 5.01 Å². The minimum Gasteiger partial charge on any atom is -0.505 e. The van der Waals surface area contributed by atoms with Crippen molar-refractivity contribution in [3.63, 3.8) is 0 Å². The molecule has 1 aromatic carbocycles. The number of amides is 1. The summed E-state index contributed by atoms with van der Waals surface area (Å²) in [5.74, 6) is -0.853. The molecule has 3 heterocycles. The van der Waals surface area contributed by atoms with Gasteiger partial charge in [0.1, 0.15) is 11.4 Å². The molecule has 0 saturated carbocycles. The Kier molecular flexibility index (Phi) is 5.88. The zero-order chi connectivity index (χ0) is 22.9. The van der Waals surface area contributed by atoms with E-state index in [0.717, 1.165) is 5.69 Å². The molecule has 1 N–H and O–H groups in total. The van der Waals surface area contributed by atoms with Gasteiger partial charge in [-0.05, 0) is 45.0 Å². The van der Waals surface area contributed by atoms with Gasteiger partial charge in [-0.1, -0.05) is 12.1 Å². The number of aliphatic hydroxyl groups is 1. The van der Waals surface area contributed by atoms with Crippen molar-refractivity contribution >= 4 is 23.3 Å². The predicted molar refractivity (Wildman–Crippen MR) is 121 cm³/mol. The van der Waals surface area contributed by atoms with Gasteiger partial charge in [-0.25, -0.2) is 10.0 Å². The van der Waals surface area contributed by atoms with Crippen LogP contribution in [0.1, 0.15) is 43.1 Å². The number of aromatic nitrogens is 1. The molecule has 8 nitrogen and oxygen atoms in total. The molecule has 32 heavy (non-hydrogen) atoms. The summed E-state index contributed by atoms with van der Waals surface area (Å²) >= 11 is 0. The first-order valence-electron chi connectivity index (χ1n) is 10.7. The Bertz CT molecular complexity index is 1040. The number of carbonyl (C=O) groups excluding carboxylic acids is 2. The van der Waals surface area contributed by atoms with Crippen LogP contribution in [0.3, 0.4) is 0 Å². The summed E-state index contributed by atoms with van der Waals surface area (Å²) in [7, 11) is 0. The summed E-state index contributed by atoms with van der Waals surface area (Å²) in [4.78, 5) is 32.4. The summed E-state index contributed by atoms with van der Waals surface area (Å²) < 4.78 is 5.48. The molecular formula is C24H28N4O4. The van der Waals surface area contributed by atoms with Crippen molar-refractivity contribution in [1.82, 2.24) is 15.0 Å². The molecule has 1 amide bonds. The molecule has 2 bridgehead atoms. The Labute approximate surface area is 187 Å². The first-order valence-corrected chi connectivity index (χ1v) is 10.7. The lowest BCUT2D eigenvalue weighted by atomic mass is 10.1. The number of hydrogen-bond acceptors (Lipinski definition) is 7. The van der Waals surface area contributed by atoms with E-state index in [4.69, 9.17) is 4.74 Å². The molecule has 2 aliphatic heterocycles. The Morgan fingerprint density at radius 2 is 1.72 bits per heavy atom. The van der Waals surface area contributed by atoms with E-state index in [1.54, 1.807) is 57.4 Å². The number of ether oxygens (including phenoxy) is 1. The third-order valence-electron chi connectivity index (χ3n) is 5.40. The third kappa shape index (κ3) is 4.60. The fourth-order valence-corrected chi connectivity index (χ4v) is 3.99. The van der Waals surface area contributed by atoms with Crippen molar-refractivity contribution in [3.05, 3.63) is 65.6 Å². The average molecular weight is 437 g/mol. The summed E-state index contributed by atoms with van der Waals surface area (Å²) in [5.41, 5.74) is 1.61. The van der Waals surface area contributed by atoms with Gasteiger partial charge in [0.2, 0.25) is 0 Å². The minimum absolute atomic E-state index is 0.0832. The van der Waals surface area contributed by atoms with Gasteiger partial charge >= 0.3 is 5.97 Å². The van der Waals surface area contributed by atoms with E-state index < -0.39 is 11.6 Å². The smallest absolute Gasteiger partial charge is 0.312 e. The van der Waals surface area contributed by atoms with Crippen molar-refractivity contribution in [1.29, 1.82) is 0 Å². The van der Waals surface area contributed by atoms with E-state index in [9.17, 15) is 14.7 Å². The number of rotatable bonds is 4. The standard InChI is InChI=1S/C24H28N4O4/c1-24(2,3)32-21(29)16-20-22(30)17-5-4-6-18(15-17)23(31)28(20)27-13-11-26(12-14-27)19-7-9-25-10-8-19/h4-10,15,30H,11-14,16H2,1-3H3. The van der Waals surface area contributed by atoms with Crippen LogP contribution in [0.25, 0.3) is 5.76 Å². The lowest BCUT2D eigenvalue weighted by Crippen LogP contribution is -2.55. The number of nitrogens with zero attached hydrogens (tertiary/aromatic N) is 4. The average Bonchev–Trinajstić information content (AvgIpc) is 2.83. The van der Waals surface area contributed by atoms with Crippen LogP contribution in [-0.2, 0) is 9.53 Å². The Hall–Kier alpha value is -3.39. The number of hydrazine groups is 1. The highest BCUT2D eigenvalue weighted by atomic mass is 16.6. The SMILES string of the molecule is CC(C)(C)OC(=O)CC1=C(O)c2cccc(c2)C(=O)N1N1CCN(c2ccncc2)CC1. The molecule has 0 atom stereocenters. The maximum absolute atomic E-state index is 13.4. The molecular weight excluding hydrogens is 408 g/mol. The van der Waals surface area contributed by atoms with Gasteiger partial charge in [-0.2, -0.15) is 0 Å². The number of anilines is 1. The van der Waals surface area contributed by atoms with Crippen LogP contribution in [0.2, 0.25) is 0 Å². The summed E-state index contributed by atoms with van der Waals surface area (Å²) in [6, 6.07) is 10.7. The van der Waals surface area contributed by atoms with Gasteiger partial charge < -0.3 is 14.7 Å². The van der Waals surface area contributed by atoms with Crippen molar-refractivity contribution in [2.45, 2.75) is 32.8 Å². The highest BCUT2D eigenvalue weighted by molar-refractivity contribution is 5.98. The number of carbonyl (C=O) groups is 2. The summed E-state index contributed by atoms with van der Waals surface area (Å²) in [6.07, 6.45) is 3.30. The van der Waals surface area contributed by atoms with Crippen molar-refractivity contribution in [2.24, 2.45) is 0 Å². The van der Waals surface area contributed by atoms with Crippen molar-refractivity contribution < 1.29 is 19.4 Å². The first kappa shape index (κ1) is 21.8. The van der Waals surface area contributed by atoms with E-state index in [1.807, 2.05) is 17.1 Å². The van der Waals surface area contributed by atoms with E-state index >= 15 is 0 Å². The molecule has 2 aliphatic rings. The molecule has 0 radical (unpaired) electrons. The summed E-state index contributed by atoms with van der Waals surface area (Å²) in [5, 5.41) is 14.4. The van der Waals surface area contributed by atoms with Crippen LogP contribution in [0, 0.1) is 0 Å². The third-order valence-corrected chi connectivity index (χ3v) is 5.40. The number of hydrogen-bond donors (Lipinski definition) is 1. The van der Waals surface area contributed by atoms with Gasteiger partial charge in [-0.3, -0.25) is 14.6 Å². The van der Waals surface area contributed by atoms with Gasteiger partial charge in [0.25, 0.3) is 5.91 Å². The Morgan fingerprint density at radius 1 is 1.06 bits per heavy atom. The monoisotopic (exact) mass is 436 g/mol. The maximum Gasteiger partial charge on any atom is 0.312 e. The number of aliphatic hydroxyl groups excluding tert-OH is 1. The molecule has 0 spiro atoms. The molecule has 2 aromatic rings. The second kappa shape index (κ2) is 8.63. The fourth-order valence-electron chi connectivity index (χ4n) is 3.99. The fraction of sp³-hybridized carbons (Fsp3) is 0.375. The highest BCUT2D eigenvalue weighted by Gasteiger charge is 2.35. The highest BCUT2D eigenvalue weighted by Crippen LogP contribution is 2.31. The zero-order valence-electron chi connectivity index (χ0n) is 18.6. The first-order chi connectivity index (χ1) is 15.2. The van der Waals surface area contributed by atoms with Gasteiger partial charge in [0.15, 0.2) is 0 Å². The Balaban J connectivity index is 1.62. The molecule has 4 rings (SSSR count). The maximum atomic E-state index is 13.4. The number of esters is 1. The lowest BCUT2D eigenvalue weighted by molar-refractivity contribution is -0.154. The molecule has 0 aliphatic carbocycles. The van der Waals surface area contributed by atoms with Crippen LogP contribution in [0.15, 0.2) is 54.5 Å². The zero-order valence-corrected chi connectivity index (χ0v) is 18.6. The molecule has 1 saturated heterocycles. The van der Waals surface area contributed by atoms with E-state index in [2.05, 4.69) is 9.88 Å². The molecule has 8 heteroatoms. The number of benzene rings is 1. The quantitative estimate of drug-likeness (QED) is 0.737. The van der Waals surface area contributed by atoms with E-state index in [0.29, 0.717) is 37.3 Å². The molecule has 168 valence electrons. The van der Waals surface area contributed by atoms with Crippen molar-refractivity contribution in [3.8, 4) is 0 Å². The van der Waals surface area contributed by atoms with Crippen molar-refractivity contribution in [2.75, 3.05) is 31.1 Å². The van der Waals surface area contributed by atoms with Crippen LogP contribution >= 0.6 is 0 Å². The predicted octanol–water partition coefficient (Wildman–Crippen LogP) is 3.23. The van der Waals surface area contributed by atoms with Crippen LogP contribution in [0.5, 0.6) is 0 Å². The number of piperazine rings is 1. The molecule has 1 fully saturated rings. The lowest BCUT2D eigenvalue weighted by Gasteiger charge is -2.42.